The molecule has 2 aromatic rings. The molecule has 0 fully saturated rings. The predicted molar refractivity (Wildman–Crippen MR) is 84.8 cm³/mol. The zero-order valence-corrected chi connectivity index (χ0v) is 13.1. The highest BCUT2D eigenvalue weighted by Gasteiger charge is 2.15. The Morgan fingerprint density at radius 1 is 1.17 bits per heavy atom. The van der Waals surface area contributed by atoms with E-state index < -0.39 is 6.61 Å². The van der Waals surface area contributed by atoms with E-state index in [4.69, 9.17) is 0 Å². The van der Waals surface area contributed by atoms with Crippen molar-refractivity contribution in [3.63, 3.8) is 0 Å². The van der Waals surface area contributed by atoms with Crippen LogP contribution in [0.4, 0.5) is 8.78 Å². The van der Waals surface area contributed by atoms with Crippen molar-refractivity contribution in [1.29, 1.82) is 0 Å². The lowest BCUT2D eigenvalue weighted by molar-refractivity contribution is -0.0498. The van der Waals surface area contributed by atoms with Crippen LogP contribution in [0.25, 0.3) is 0 Å². The lowest BCUT2D eigenvalue weighted by Crippen LogP contribution is -2.28. The Labute approximate surface area is 134 Å². The number of halogens is 2. The molecule has 1 atom stereocenters. The quantitative estimate of drug-likeness (QED) is 0.852. The second kappa shape index (κ2) is 7.72. The van der Waals surface area contributed by atoms with Crippen molar-refractivity contribution >= 4 is 5.91 Å². The third-order valence-corrected chi connectivity index (χ3v) is 3.51. The zero-order chi connectivity index (χ0) is 16.8. The van der Waals surface area contributed by atoms with Gasteiger partial charge in [-0.1, -0.05) is 42.8 Å². The molecule has 0 bridgehead atoms. The molecule has 0 aliphatic rings. The van der Waals surface area contributed by atoms with E-state index in [-0.39, 0.29) is 23.3 Å². The van der Waals surface area contributed by atoms with E-state index in [1.165, 1.54) is 18.2 Å². The first-order valence-electron chi connectivity index (χ1n) is 7.42. The van der Waals surface area contributed by atoms with E-state index in [1.807, 2.05) is 38.1 Å². The number of carbonyl (C=O) groups is 1. The van der Waals surface area contributed by atoms with Crippen LogP contribution in [0, 0.1) is 6.92 Å². The molecule has 0 radical (unpaired) electrons. The Morgan fingerprint density at radius 2 is 1.87 bits per heavy atom. The number of ether oxygens (including phenoxy) is 1. The number of hydrogen-bond donors (Lipinski definition) is 1. The Hall–Kier alpha value is -2.43. The summed E-state index contributed by atoms with van der Waals surface area (Å²) in [4.78, 5) is 12.3. The summed E-state index contributed by atoms with van der Waals surface area (Å²) >= 11 is 0. The van der Waals surface area contributed by atoms with Crippen molar-refractivity contribution in [2.45, 2.75) is 32.9 Å². The Morgan fingerprint density at radius 3 is 2.48 bits per heavy atom. The first kappa shape index (κ1) is 16.9. The van der Waals surface area contributed by atoms with Gasteiger partial charge in [-0.2, -0.15) is 8.78 Å². The van der Waals surface area contributed by atoms with Gasteiger partial charge in [0.15, 0.2) is 0 Å². The second-order valence-electron chi connectivity index (χ2n) is 5.25. The smallest absolute Gasteiger partial charge is 0.387 e. The number of hydrogen-bond acceptors (Lipinski definition) is 2. The van der Waals surface area contributed by atoms with Gasteiger partial charge in [0.2, 0.25) is 0 Å². The van der Waals surface area contributed by atoms with Crippen molar-refractivity contribution < 1.29 is 18.3 Å². The van der Waals surface area contributed by atoms with Gasteiger partial charge in [-0.15, -0.1) is 0 Å². The molecular formula is C18H19F2NO2. The molecular weight excluding hydrogens is 300 g/mol. The largest absolute Gasteiger partial charge is 0.435 e. The second-order valence-corrected chi connectivity index (χ2v) is 5.25. The van der Waals surface area contributed by atoms with Crippen LogP contribution in [0.15, 0.2) is 48.5 Å². The fraction of sp³-hybridized carbons (Fsp3) is 0.278. The van der Waals surface area contributed by atoms with Crippen molar-refractivity contribution in [3.05, 3.63) is 65.2 Å². The summed E-state index contributed by atoms with van der Waals surface area (Å²) in [5.74, 6) is -0.354. The average molecular weight is 319 g/mol. The molecule has 23 heavy (non-hydrogen) atoms. The first-order chi connectivity index (χ1) is 11.0. The van der Waals surface area contributed by atoms with Gasteiger partial charge in [0, 0.05) is 5.56 Å². The third-order valence-electron chi connectivity index (χ3n) is 3.51. The van der Waals surface area contributed by atoms with Gasteiger partial charge in [-0.05, 0) is 37.1 Å². The summed E-state index contributed by atoms with van der Waals surface area (Å²) in [6.45, 7) is 1.06. The topological polar surface area (TPSA) is 38.3 Å². The molecule has 0 unspecified atom stereocenters. The molecule has 5 heteroatoms. The van der Waals surface area contributed by atoms with Gasteiger partial charge < -0.3 is 10.1 Å². The Balaban J connectivity index is 2.11. The summed E-state index contributed by atoms with van der Waals surface area (Å²) in [5, 5.41) is 2.92. The van der Waals surface area contributed by atoms with Gasteiger partial charge in [-0.3, -0.25) is 4.79 Å². The highest BCUT2D eigenvalue weighted by molar-refractivity contribution is 5.94. The van der Waals surface area contributed by atoms with Crippen LogP contribution in [0.5, 0.6) is 5.75 Å². The van der Waals surface area contributed by atoms with E-state index in [0.717, 1.165) is 17.5 Å². The minimum atomic E-state index is -2.91. The average Bonchev–Trinajstić information content (AvgIpc) is 2.53. The first-order valence-corrected chi connectivity index (χ1v) is 7.42. The van der Waals surface area contributed by atoms with Crippen LogP contribution in [0.1, 0.15) is 40.9 Å². The van der Waals surface area contributed by atoms with Crippen molar-refractivity contribution in [3.8, 4) is 5.75 Å². The van der Waals surface area contributed by atoms with E-state index in [2.05, 4.69) is 10.1 Å². The zero-order valence-electron chi connectivity index (χ0n) is 13.1. The Bertz CT molecular complexity index is 656. The predicted octanol–water partition coefficient (Wildman–Crippen LogP) is 4.48. The number of benzene rings is 2. The lowest BCUT2D eigenvalue weighted by Gasteiger charge is -2.18. The van der Waals surface area contributed by atoms with Crippen molar-refractivity contribution in [2.75, 3.05) is 0 Å². The standard InChI is InChI=1S/C18H19F2NO2/c1-3-16(13-9-7-12(2)8-10-13)21-17(22)14-5-4-6-15(11-14)23-18(19)20/h4-11,16,18H,3H2,1-2H3,(H,21,22)/t16-/m1/s1. The van der Waals surface area contributed by atoms with Crippen LogP contribution in [-0.4, -0.2) is 12.5 Å². The number of aryl methyl sites for hydroxylation is 1. The minimum Gasteiger partial charge on any atom is -0.435 e. The molecule has 0 saturated carbocycles. The Kier molecular flexibility index (Phi) is 5.68. The number of amides is 1. The normalized spacial score (nSPS) is 12.0. The summed E-state index contributed by atoms with van der Waals surface area (Å²) in [5.41, 5.74) is 2.44. The molecule has 0 aromatic heterocycles. The van der Waals surface area contributed by atoms with Crippen LogP contribution >= 0.6 is 0 Å². The maximum atomic E-state index is 12.3. The third kappa shape index (κ3) is 4.77. The molecule has 2 aromatic carbocycles. The van der Waals surface area contributed by atoms with Crippen LogP contribution in [0.3, 0.4) is 0 Å². The summed E-state index contributed by atoms with van der Waals surface area (Å²) in [6, 6.07) is 13.6. The number of alkyl halides is 2. The summed E-state index contributed by atoms with van der Waals surface area (Å²) in [6.07, 6.45) is 0.724. The molecule has 0 heterocycles. The highest BCUT2D eigenvalue weighted by Crippen LogP contribution is 2.20. The van der Waals surface area contributed by atoms with Crippen LogP contribution < -0.4 is 10.1 Å². The van der Waals surface area contributed by atoms with Gasteiger partial charge in [0.05, 0.1) is 6.04 Å². The monoisotopic (exact) mass is 319 g/mol. The number of carbonyl (C=O) groups excluding carboxylic acids is 1. The highest BCUT2D eigenvalue weighted by atomic mass is 19.3. The van der Waals surface area contributed by atoms with Crippen molar-refractivity contribution in [1.82, 2.24) is 5.32 Å². The molecule has 3 nitrogen and oxygen atoms in total. The van der Waals surface area contributed by atoms with Gasteiger partial charge in [0.25, 0.3) is 5.91 Å². The fourth-order valence-electron chi connectivity index (χ4n) is 2.27. The minimum absolute atomic E-state index is 0.0314. The molecule has 0 saturated heterocycles. The maximum Gasteiger partial charge on any atom is 0.387 e. The molecule has 1 N–H and O–H groups in total. The molecule has 1 amide bonds. The van der Waals surface area contributed by atoms with E-state index in [9.17, 15) is 13.6 Å². The molecule has 0 spiro atoms. The maximum absolute atomic E-state index is 12.3. The van der Waals surface area contributed by atoms with Gasteiger partial charge in [0.1, 0.15) is 5.75 Å². The van der Waals surface area contributed by atoms with E-state index in [0.29, 0.717) is 0 Å². The lowest BCUT2D eigenvalue weighted by atomic mass is 10.0. The number of rotatable bonds is 6. The molecule has 2 rings (SSSR count). The molecule has 0 aliphatic heterocycles. The molecule has 122 valence electrons. The fourth-order valence-corrected chi connectivity index (χ4v) is 2.27. The SMILES string of the molecule is CC[C@@H](NC(=O)c1cccc(OC(F)F)c1)c1ccc(C)cc1. The van der Waals surface area contributed by atoms with Crippen LogP contribution in [0.2, 0.25) is 0 Å². The van der Waals surface area contributed by atoms with Crippen LogP contribution in [-0.2, 0) is 0 Å². The van der Waals surface area contributed by atoms with E-state index >= 15 is 0 Å². The molecule has 0 aliphatic carbocycles. The summed E-state index contributed by atoms with van der Waals surface area (Å²) < 4.78 is 28.8. The van der Waals surface area contributed by atoms with Gasteiger partial charge >= 0.3 is 6.61 Å². The van der Waals surface area contributed by atoms with Gasteiger partial charge in [-0.25, -0.2) is 0 Å². The van der Waals surface area contributed by atoms with E-state index in [1.54, 1.807) is 6.07 Å². The summed E-state index contributed by atoms with van der Waals surface area (Å²) in [7, 11) is 0. The van der Waals surface area contributed by atoms with Crippen molar-refractivity contribution in [2.24, 2.45) is 0 Å². The number of nitrogens with one attached hydrogen (secondary N) is 1.